The van der Waals surface area contributed by atoms with E-state index in [9.17, 15) is 4.79 Å². The zero-order valence-electron chi connectivity index (χ0n) is 16.3. The van der Waals surface area contributed by atoms with E-state index in [4.69, 9.17) is 4.74 Å². The van der Waals surface area contributed by atoms with E-state index in [0.29, 0.717) is 5.92 Å². The third-order valence-corrected chi connectivity index (χ3v) is 5.50. The lowest BCUT2D eigenvalue weighted by Gasteiger charge is -2.15. The zero-order valence-corrected chi connectivity index (χ0v) is 17.1. The molecule has 0 saturated carbocycles. The Morgan fingerprint density at radius 1 is 1.21 bits per heavy atom. The molecule has 0 fully saturated rings. The number of hydrogen-bond donors (Lipinski definition) is 1. The summed E-state index contributed by atoms with van der Waals surface area (Å²) in [5, 5.41) is 11.6. The SMILES string of the molecule is CCC(C)c1ccccc1OCC(=O)Nc1ccc(Sc2nncn2C)cc1. The van der Waals surface area contributed by atoms with E-state index in [0.717, 1.165) is 33.5 Å². The van der Waals surface area contributed by atoms with Gasteiger partial charge in [0.1, 0.15) is 12.1 Å². The summed E-state index contributed by atoms with van der Waals surface area (Å²) < 4.78 is 7.62. The number of aromatic nitrogens is 3. The number of ether oxygens (including phenoxy) is 1. The number of anilines is 1. The van der Waals surface area contributed by atoms with Gasteiger partial charge in [-0.05, 0) is 60.0 Å². The number of nitrogens with zero attached hydrogens (tertiary/aromatic N) is 3. The molecule has 0 radical (unpaired) electrons. The van der Waals surface area contributed by atoms with Crippen LogP contribution >= 0.6 is 11.8 Å². The molecular formula is C21H24N4O2S. The predicted octanol–water partition coefficient (Wildman–Crippen LogP) is 4.50. The topological polar surface area (TPSA) is 69.0 Å². The van der Waals surface area contributed by atoms with Crippen molar-refractivity contribution in [2.45, 2.75) is 36.2 Å². The van der Waals surface area contributed by atoms with Gasteiger partial charge in [-0.2, -0.15) is 0 Å². The number of benzene rings is 2. The number of nitrogens with one attached hydrogen (secondary N) is 1. The average Bonchev–Trinajstić information content (AvgIpc) is 3.12. The Bertz CT molecular complexity index is 924. The molecule has 0 aliphatic rings. The van der Waals surface area contributed by atoms with Crippen molar-refractivity contribution >= 4 is 23.4 Å². The molecule has 1 amide bonds. The predicted molar refractivity (Wildman–Crippen MR) is 111 cm³/mol. The maximum absolute atomic E-state index is 12.3. The summed E-state index contributed by atoms with van der Waals surface area (Å²) in [7, 11) is 1.90. The summed E-state index contributed by atoms with van der Waals surface area (Å²) in [5.74, 6) is 0.966. The van der Waals surface area contributed by atoms with Gasteiger partial charge in [-0.25, -0.2) is 0 Å². The summed E-state index contributed by atoms with van der Waals surface area (Å²) in [5.41, 5.74) is 1.86. The van der Waals surface area contributed by atoms with Crippen molar-refractivity contribution in [2.24, 2.45) is 7.05 Å². The first-order chi connectivity index (χ1) is 13.6. The molecule has 146 valence electrons. The lowest BCUT2D eigenvalue weighted by Crippen LogP contribution is -2.20. The number of hydrogen-bond acceptors (Lipinski definition) is 5. The van der Waals surface area contributed by atoms with Gasteiger partial charge in [0.2, 0.25) is 0 Å². The Labute approximate surface area is 169 Å². The molecule has 1 aromatic heterocycles. The van der Waals surface area contributed by atoms with Gasteiger partial charge in [-0.1, -0.05) is 32.0 Å². The highest BCUT2D eigenvalue weighted by molar-refractivity contribution is 7.99. The highest BCUT2D eigenvalue weighted by Crippen LogP contribution is 2.28. The number of carbonyl (C=O) groups excluding carboxylic acids is 1. The standard InChI is InChI=1S/C21H24N4O2S/c1-4-15(2)18-7-5-6-8-19(18)27-13-20(26)23-16-9-11-17(12-10-16)28-21-24-22-14-25(21)3/h5-12,14-15H,4,13H2,1-3H3,(H,23,26). The Hall–Kier alpha value is -2.80. The van der Waals surface area contributed by atoms with Crippen LogP contribution in [0.4, 0.5) is 5.69 Å². The van der Waals surface area contributed by atoms with E-state index >= 15 is 0 Å². The second-order valence-corrected chi connectivity index (χ2v) is 7.58. The molecule has 7 heteroatoms. The van der Waals surface area contributed by atoms with Crippen LogP contribution in [-0.2, 0) is 11.8 Å². The van der Waals surface area contributed by atoms with Crippen molar-refractivity contribution < 1.29 is 9.53 Å². The van der Waals surface area contributed by atoms with Crippen molar-refractivity contribution in [3.63, 3.8) is 0 Å². The molecule has 1 atom stereocenters. The van der Waals surface area contributed by atoms with Crippen molar-refractivity contribution in [2.75, 3.05) is 11.9 Å². The van der Waals surface area contributed by atoms with Crippen LogP contribution in [0.2, 0.25) is 0 Å². The summed E-state index contributed by atoms with van der Waals surface area (Å²) in [6, 6.07) is 15.5. The van der Waals surface area contributed by atoms with E-state index < -0.39 is 0 Å². The van der Waals surface area contributed by atoms with Gasteiger partial charge >= 0.3 is 0 Å². The van der Waals surface area contributed by atoms with Crippen molar-refractivity contribution in [3.05, 3.63) is 60.4 Å². The van der Waals surface area contributed by atoms with Crippen LogP contribution in [0.15, 0.2) is 64.9 Å². The van der Waals surface area contributed by atoms with E-state index in [1.165, 1.54) is 11.8 Å². The van der Waals surface area contributed by atoms with Crippen LogP contribution in [0.5, 0.6) is 5.75 Å². The molecule has 0 bridgehead atoms. The van der Waals surface area contributed by atoms with Crippen LogP contribution in [0, 0.1) is 0 Å². The first-order valence-corrected chi connectivity index (χ1v) is 10.0. The van der Waals surface area contributed by atoms with Gasteiger partial charge in [0.25, 0.3) is 5.91 Å². The van der Waals surface area contributed by atoms with Crippen LogP contribution < -0.4 is 10.1 Å². The summed E-state index contributed by atoms with van der Waals surface area (Å²) in [4.78, 5) is 13.3. The second kappa shape index (κ2) is 9.41. The third kappa shape index (κ3) is 5.13. The van der Waals surface area contributed by atoms with Crippen LogP contribution in [0.1, 0.15) is 31.7 Å². The van der Waals surface area contributed by atoms with Gasteiger partial charge in [0.05, 0.1) is 0 Å². The molecule has 28 heavy (non-hydrogen) atoms. The summed E-state index contributed by atoms with van der Waals surface area (Å²) >= 11 is 1.51. The third-order valence-electron chi connectivity index (χ3n) is 4.44. The van der Waals surface area contributed by atoms with Crippen molar-refractivity contribution in [3.8, 4) is 5.75 Å². The number of para-hydroxylation sites is 1. The highest BCUT2D eigenvalue weighted by atomic mass is 32.2. The fraction of sp³-hybridized carbons (Fsp3) is 0.286. The number of aryl methyl sites for hydroxylation is 1. The molecule has 1 heterocycles. The molecule has 0 aliphatic carbocycles. The van der Waals surface area contributed by atoms with Crippen LogP contribution in [-0.4, -0.2) is 27.3 Å². The Morgan fingerprint density at radius 2 is 1.96 bits per heavy atom. The minimum absolute atomic E-state index is 0.0249. The Kier molecular flexibility index (Phi) is 6.71. The molecule has 1 unspecified atom stereocenters. The first kappa shape index (κ1) is 19.9. The summed E-state index contributed by atoms with van der Waals surface area (Å²) in [6.07, 6.45) is 2.68. The van der Waals surface area contributed by atoms with Gasteiger partial charge in [-0.3, -0.25) is 4.79 Å². The average molecular weight is 397 g/mol. The Balaban J connectivity index is 1.55. The monoisotopic (exact) mass is 396 g/mol. The fourth-order valence-electron chi connectivity index (χ4n) is 2.66. The molecule has 1 N–H and O–H groups in total. The number of carbonyl (C=O) groups is 1. The van der Waals surface area contributed by atoms with E-state index in [2.05, 4.69) is 35.4 Å². The lowest BCUT2D eigenvalue weighted by atomic mass is 9.98. The van der Waals surface area contributed by atoms with Gasteiger partial charge in [-0.15, -0.1) is 10.2 Å². The van der Waals surface area contributed by atoms with Crippen molar-refractivity contribution in [1.29, 1.82) is 0 Å². The molecule has 0 saturated heterocycles. The van der Waals surface area contributed by atoms with Gasteiger partial charge in [0.15, 0.2) is 11.8 Å². The van der Waals surface area contributed by atoms with E-state index in [1.54, 1.807) is 6.33 Å². The molecule has 3 rings (SSSR count). The molecule has 6 nitrogen and oxygen atoms in total. The van der Waals surface area contributed by atoms with Crippen LogP contribution in [0.25, 0.3) is 0 Å². The number of rotatable bonds is 8. The van der Waals surface area contributed by atoms with E-state index in [-0.39, 0.29) is 12.5 Å². The van der Waals surface area contributed by atoms with Gasteiger partial charge < -0.3 is 14.6 Å². The van der Waals surface area contributed by atoms with Gasteiger partial charge in [0, 0.05) is 17.6 Å². The zero-order chi connectivity index (χ0) is 19.9. The maximum atomic E-state index is 12.3. The smallest absolute Gasteiger partial charge is 0.262 e. The normalized spacial score (nSPS) is 11.8. The number of amides is 1. The molecule has 3 aromatic rings. The largest absolute Gasteiger partial charge is 0.483 e. The molecule has 0 aliphatic heterocycles. The van der Waals surface area contributed by atoms with Crippen LogP contribution in [0.3, 0.4) is 0 Å². The maximum Gasteiger partial charge on any atom is 0.262 e. The summed E-state index contributed by atoms with van der Waals surface area (Å²) in [6.45, 7) is 4.27. The Morgan fingerprint density at radius 3 is 2.64 bits per heavy atom. The minimum atomic E-state index is -0.187. The van der Waals surface area contributed by atoms with Crippen molar-refractivity contribution in [1.82, 2.24) is 14.8 Å². The molecule has 2 aromatic carbocycles. The highest BCUT2D eigenvalue weighted by Gasteiger charge is 2.11. The first-order valence-electron chi connectivity index (χ1n) is 9.20. The quantitative estimate of drug-likeness (QED) is 0.607. The molecular weight excluding hydrogens is 372 g/mol. The minimum Gasteiger partial charge on any atom is -0.483 e. The lowest BCUT2D eigenvalue weighted by molar-refractivity contribution is -0.118. The molecule has 0 spiro atoms. The van der Waals surface area contributed by atoms with E-state index in [1.807, 2.05) is 54.1 Å². The fourth-order valence-corrected chi connectivity index (χ4v) is 3.42. The second-order valence-electron chi connectivity index (χ2n) is 6.53.